The Kier molecular flexibility index (Phi) is 13.7. The Morgan fingerprint density at radius 3 is 2.32 bits per heavy atom. The number of thiophene rings is 1. The standard InChI is InChI=1S/C52H64F2N5O7PS/c1-32(50(63)65-31-51(2,3)4)56-67(64,66-41-14-10-7-11-15-41)46(54)34-16-21-44-35(24-34)25-45(68-44)47(60)55-42-19-17-38(57(5)40-26-37(53)27-40)28-39-18-20-43(59(39)48(42)61)49(62)58-30-36(29-52(58)22-23-52)33-12-8-6-9-13-33/h6-16,21,24-25,32,36-40,42-43,46H,17-20,22-23,26-31H2,1-5H3,(H,55,60)(H,56,64)/t32-,36+,37?,38-,39+,40?,42-,43-,46-,67?/m0/s1. The largest absolute Gasteiger partial charge is 0.464 e. The van der Waals surface area contributed by atoms with Gasteiger partial charge in [0.05, 0.1) is 11.5 Å². The van der Waals surface area contributed by atoms with E-state index in [0.717, 1.165) is 19.3 Å². The first kappa shape index (κ1) is 48.3. The molecule has 4 heterocycles. The van der Waals surface area contributed by atoms with Crippen LogP contribution in [0.15, 0.2) is 84.9 Å². The summed E-state index contributed by atoms with van der Waals surface area (Å²) < 4.78 is 57.5. The van der Waals surface area contributed by atoms with E-state index >= 15 is 4.39 Å². The number of hydrogen-bond acceptors (Lipinski definition) is 9. The van der Waals surface area contributed by atoms with E-state index < -0.39 is 49.6 Å². The number of carbonyl (C=O) groups is 4. The lowest BCUT2D eigenvalue weighted by Crippen LogP contribution is -2.59. The maximum Gasteiger partial charge on any atom is 0.355 e. The fraction of sp³-hybridized carbons (Fsp3) is 0.538. The number of halogens is 2. The van der Waals surface area contributed by atoms with E-state index in [1.165, 1.54) is 36.0 Å². The number of nitrogens with one attached hydrogen (secondary N) is 2. The van der Waals surface area contributed by atoms with E-state index in [-0.39, 0.29) is 64.7 Å². The van der Waals surface area contributed by atoms with Crippen molar-refractivity contribution in [2.75, 3.05) is 20.2 Å². The fourth-order valence-corrected chi connectivity index (χ4v) is 13.7. The van der Waals surface area contributed by atoms with Gasteiger partial charge in [0.25, 0.3) is 5.91 Å². The average molecular weight is 972 g/mol. The van der Waals surface area contributed by atoms with Gasteiger partial charge in [-0.3, -0.25) is 23.7 Å². The number of nitrogens with zero attached hydrogens (tertiary/aromatic N) is 3. The number of amides is 3. The molecule has 68 heavy (non-hydrogen) atoms. The van der Waals surface area contributed by atoms with Crippen LogP contribution in [-0.2, 0) is 23.7 Å². The minimum absolute atomic E-state index is 0.0111. The van der Waals surface area contributed by atoms with Crippen molar-refractivity contribution in [3.05, 3.63) is 101 Å². The SMILES string of the molecule is C[C@H](NP(=O)(Oc1ccccc1)[C@H](F)c1ccc2sc(C(=O)N[C@H]3CC[C@H](N(C)C4CC(F)C4)C[C@H]4CC[C@@H](C(=O)N5C[C@H](c6ccccc6)CC56CC6)N4C3=O)cc2c1)C(=O)OCC(C)(C)C. The number of carbonyl (C=O) groups excluding carboxylic acids is 4. The molecule has 2 N–H and O–H groups in total. The minimum Gasteiger partial charge on any atom is -0.464 e. The van der Waals surface area contributed by atoms with Crippen LogP contribution in [0.5, 0.6) is 5.75 Å². The van der Waals surface area contributed by atoms with Crippen LogP contribution in [0.25, 0.3) is 10.1 Å². The van der Waals surface area contributed by atoms with Crippen LogP contribution in [0.1, 0.15) is 125 Å². The van der Waals surface area contributed by atoms with Crippen LogP contribution in [-0.4, -0.2) is 107 Å². The zero-order valence-electron chi connectivity index (χ0n) is 39.6. The van der Waals surface area contributed by atoms with Gasteiger partial charge in [-0.15, -0.1) is 11.3 Å². The van der Waals surface area contributed by atoms with Gasteiger partial charge < -0.3 is 29.3 Å². The third-order valence-corrected chi connectivity index (χ3v) is 18.1. The summed E-state index contributed by atoms with van der Waals surface area (Å²) in [6.07, 6.45) is 5.74. The predicted molar refractivity (Wildman–Crippen MR) is 259 cm³/mol. The van der Waals surface area contributed by atoms with E-state index in [2.05, 4.69) is 32.3 Å². The summed E-state index contributed by atoms with van der Waals surface area (Å²) in [7, 11) is -2.48. The molecule has 1 unspecified atom stereocenters. The Hall–Kier alpha value is -4.69. The minimum atomic E-state index is -4.51. The zero-order valence-corrected chi connectivity index (χ0v) is 41.3. The molecule has 5 aliphatic rings. The number of fused-ring (bicyclic) bond motifs is 2. The molecule has 3 aromatic carbocycles. The van der Waals surface area contributed by atoms with Crippen molar-refractivity contribution in [1.82, 2.24) is 25.1 Å². The third-order valence-electron chi connectivity index (χ3n) is 14.8. The van der Waals surface area contributed by atoms with E-state index in [1.54, 1.807) is 47.4 Å². The lowest BCUT2D eigenvalue weighted by atomic mass is 9.86. The first-order valence-corrected chi connectivity index (χ1v) is 26.7. The van der Waals surface area contributed by atoms with Gasteiger partial charge in [0.1, 0.15) is 30.0 Å². The van der Waals surface area contributed by atoms with Gasteiger partial charge in [0.2, 0.25) is 17.7 Å². The molecule has 9 rings (SSSR count). The van der Waals surface area contributed by atoms with Crippen molar-refractivity contribution in [3.63, 3.8) is 0 Å². The molecular formula is C52H64F2N5O7PS. The molecule has 4 aromatic rings. The van der Waals surface area contributed by atoms with Crippen LogP contribution in [0.3, 0.4) is 0 Å². The molecule has 364 valence electrons. The molecular weight excluding hydrogens is 908 g/mol. The molecule has 1 spiro atoms. The Morgan fingerprint density at radius 2 is 1.65 bits per heavy atom. The summed E-state index contributed by atoms with van der Waals surface area (Å²) in [6, 6.07) is 21.9. The quantitative estimate of drug-likeness (QED) is 0.0935. The predicted octanol–water partition coefficient (Wildman–Crippen LogP) is 9.70. The van der Waals surface area contributed by atoms with Crippen molar-refractivity contribution in [3.8, 4) is 5.75 Å². The Bertz CT molecular complexity index is 2550. The first-order valence-electron chi connectivity index (χ1n) is 24.2. The number of benzene rings is 3. The molecule has 5 fully saturated rings. The zero-order chi connectivity index (χ0) is 48.1. The number of ether oxygens (including phenoxy) is 1. The summed E-state index contributed by atoms with van der Waals surface area (Å²) >= 11 is 1.18. The highest BCUT2D eigenvalue weighted by molar-refractivity contribution is 7.57. The molecule has 2 aliphatic carbocycles. The second kappa shape index (κ2) is 19.2. The van der Waals surface area contributed by atoms with Crippen LogP contribution in [0.4, 0.5) is 8.78 Å². The van der Waals surface area contributed by atoms with Crippen molar-refractivity contribution < 1.29 is 41.8 Å². The van der Waals surface area contributed by atoms with Gasteiger partial charge >= 0.3 is 13.5 Å². The van der Waals surface area contributed by atoms with Crippen LogP contribution >= 0.6 is 18.9 Å². The highest BCUT2D eigenvalue weighted by atomic mass is 32.1. The summed E-state index contributed by atoms with van der Waals surface area (Å²) in [5, 5.41) is 6.21. The van der Waals surface area contributed by atoms with Crippen molar-refractivity contribution in [2.45, 2.75) is 152 Å². The number of esters is 1. The maximum atomic E-state index is 16.8. The molecule has 16 heteroatoms. The monoisotopic (exact) mass is 971 g/mol. The second-order valence-electron chi connectivity index (χ2n) is 21.1. The Labute approximate surface area is 402 Å². The molecule has 0 bridgehead atoms. The highest BCUT2D eigenvalue weighted by Gasteiger charge is 2.59. The van der Waals surface area contributed by atoms with E-state index in [0.29, 0.717) is 66.5 Å². The average Bonchev–Trinajstić information content (AvgIpc) is 3.58. The van der Waals surface area contributed by atoms with Gasteiger partial charge in [-0.2, -0.15) is 0 Å². The Balaban J connectivity index is 0.947. The number of hydrogen-bond donors (Lipinski definition) is 2. The second-order valence-corrected chi connectivity index (χ2v) is 24.3. The number of para-hydroxylation sites is 1. The van der Waals surface area contributed by atoms with E-state index in [1.807, 2.05) is 46.0 Å². The van der Waals surface area contributed by atoms with Crippen LogP contribution in [0.2, 0.25) is 0 Å². The lowest BCUT2D eigenvalue weighted by Gasteiger charge is -2.45. The molecule has 0 radical (unpaired) electrons. The normalized spacial score (nSPS) is 27.4. The molecule has 3 amide bonds. The fourth-order valence-electron chi connectivity index (χ4n) is 10.8. The van der Waals surface area contributed by atoms with Gasteiger partial charge in [-0.25, -0.2) is 13.9 Å². The highest BCUT2D eigenvalue weighted by Crippen LogP contribution is 2.58. The molecule has 3 aliphatic heterocycles. The summed E-state index contributed by atoms with van der Waals surface area (Å²) in [5.74, 6) is -3.31. The molecule has 12 nitrogen and oxygen atoms in total. The molecule has 2 saturated carbocycles. The van der Waals surface area contributed by atoms with Gasteiger partial charge in [-0.05, 0) is 130 Å². The van der Waals surface area contributed by atoms with Crippen LogP contribution < -0.4 is 14.9 Å². The first-order chi connectivity index (χ1) is 32.4. The van der Waals surface area contributed by atoms with E-state index in [9.17, 15) is 28.1 Å². The van der Waals surface area contributed by atoms with Crippen molar-refractivity contribution >= 4 is 52.6 Å². The lowest BCUT2D eigenvalue weighted by molar-refractivity contribution is -0.148. The third kappa shape index (κ3) is 10.1. The topological polar surface area (TPSA) is 138 Å². The maximum absolute atomic E-state index is 16.8. The molecule has 3 saturated heterocycles. The summed E-state index contributed by atoms with van der Waals surface area (Å²) in [5.41, 5.74) is 0.723. The Morgan fingerprint density at radius 1 is 0.941 bits per heavy atom. The number of likely N-dealkylation sites (tertiary alicyclic amines) is 1. The van der Waals surface area contributed by atoms with Gasteiger partial charge in [0, 0.05) is 40.8 Å². The summed E-state index contributed by atoms with van der Waals surface area (Å²) in [6.45, 7) is 7.88. The van der Waals surface area contributed by atoms with Crippen molar-refractivity contribution in [2.24, 2.45) is 5.41 Å². The molecule has 8 atom stereocenters. The summed E-state index contributed by atoms with van der Waals surface area (Å²) in [4.78, 5) is 63.5. The van der Waals surface area contributed by atoms with Crippen molar-refractivity contribution in [1.29, 1.82) is 0 Å². The number of alkyl halides is 2. The molecule has 1 aromatic heterocycles. The van der Waals surface area contributed by atoms with Gasteiger partial charge in [0.15, 0.2) is 0 Å². The smallest absolute Gasteiger partial charge is 0.355 e. The van der Waals surface area contributed by atoms with Gasteiger partial charge in [-0.1, -0.05) is 75.4 Å². The number of rotatable bonds is 14. The van der Waals surface area contributed by atoms with Crippen LogP contribution in [0, 0.1) is 5.41 Å². The van der Waals surface area contributed by atoms with E-state index in [4.69, 9.17) is 9.26 Å².